The molecule has 1 aliphatic heterocycles. The lowest BCUT2D eigenvalue weighted by Gasteiger charge is -2.49. The molecule has 2 rings (SSSR count). The van der Waals surface area contributed by atoms with Gasteiger partial charge in [-0.1, -0.05) is 20.8 Å². The van der Waals surface area contributed by atoms with Gasteiger partial charge in [-0.05, 0) is 61.9 Å². The quantitative estimate of drug-likeness (QED) is 0.861. The molecular weight excluding hydrogens is 248 g/mol. The first-order valence-electron chi connectivity index (χ1n) is 8.42. The predicted molar refractivity (Wildman–Crippen MR) is 84.7 cm³/mol. The smallest absolute Gasteiger partial charge is 0.0491 e. The Hall–Kier alpha value is -0.120. The van der Waals surface area contributed by atoms with Crippen LogP contribution in [0, 0.1) is 23.2 Å². The highest BCUT2D eigenvalue weighted by Crippen LogP contribution is 2.44. The van der Waals surface area contributed by atoms with Crippen LogP contribution in [-0.4, -0.2) is 44.3 Å². The van der Waals surface area contributed by atoms with Gasteiger partial charge >= 0.3 is 0 Å². The van der Waals surface area contributed by atoms with Crippen LogP contribution >= 0.6 is 0 Å². The highest BCUT2D eigenvalue weighted by atomic mass is 16.5. The summed E-state index contributed by atoms with van der Waals surface area (Å²) in [5.41, 5.74) is 6.65. The van der Waals surface area contributed by atoms with Crippen LogP contribution in [0.1, 0.15) is 46.5 Å². The summed E-state index contributed by atoms with van der Waals surface area (Å²) in [5.74, 6) is 2.21. The second-order valence-electron chi connectivity index (χ2n) is 7.75. The van der Waals surface area contributed by atoms with E-state index in [4.69, 9.17) is 10.5 Å². The maximum atomic E-state index is 6.27. The molecule has 1 saturated carbocycles. The van der Waals surface area contributed by atoms with E-state index in [1.54, 1.807) is 0 Å². The van der Waals surface area contributed by atoms with Gasteiger partial charge in [-0.25, -0.2) is 0 Å². The number of piperidine rings is 1. The first kappa shape index (κ1) is 16.3. The zero-order valence-corrected chi connectivity index (χ0v) is 13.9. The molecule has 118 valence electrons. The van der Waals surface area contributed by atoms with Crippen molar-refractivity contribution < 1.29 is 4.74 Å². The van der Waals surface area contributed by atoms with Crippen molar-refractivity contribution in [3.05, 3.63) is 0 Å². The van der Waals surface area contributed by atoms with E-state index in [-0.39, 0.29) is 0 Å². The third-order valence-electron chi connectivity index (χ3n) is 6.30. The van der Waals surface area contributed by atoms with Crippen molar-refractivity contribution in [1.82, 2.24) is 4.90 Å². The van der Waals surface area contributed by atoms with Gasteiger partial charge in [0, 0.05) is 26.3 Å². The average Bonchev–Trinajstić information content (AvgIpc) is 2.42. The molecular formula is C17H34N2O. The van der Waals surface area contributed by atoms with Crippen LogP contribution in [0.5, 0.6) is 0 Å². The van der Waals surface area contributed by atoms with Gasteiger partial charge in [0.05, 0.1) is 0 Å². The topological polar surface area (TPSA) is 38.5 Å². The Bertz CT molecular complexity index is 297. The first-order chi connectivity index (χ1) is 9.45. The van der Waals surface area contributed by atoms with Crippen molar-refractivity contribution >= 4 is 0 Å². The number of methoxy groups -OCH3 is 1. The van der Waals surface area contributed by atoms with Gasteiger partial charge in [0.2, 0.25) is 0 Å². The number of hydrogen-bond acceptors (Lipinski definition) is 3. The fraction of sp³-hybridized carbons (Fsp3) is 1.00. The van der Waals surface area contributed by atoms with Gasteiger partial charge < -0.3 is 15.4 Å². The molecule has 1 heterocycles. The molecule has 1 aliphatic carbocycles. The minimum atomic E-state index is 0.376. The standard InChI is InChI=1S/C17H34N2O/c1-13-16(18)6-5-15(17(13,2)3)11-19-9-7-14(8-10-19)12-20-4/h13-16H,5-12,18H2,1-4H3. The minimum Gasteiger partial charge on any atom is -0.384 e. The number of rotatable bonds is 4. The molecule has 0 bridgehead atoms. The molecule has 2 N–H and O–H groups in total. The maximum absolute atomic E-state index is 6.27. The SMILES string of the molecule is COCC1CCN(CC2CCC(N)C(C)C2(C)C)CC1. The van der Waals surface area contributed by atoms with Crippen molar-refractivity contribution in [2.75, 3.05) is 33.4 Å². The fourth-order valence-corrected chi connectivity index (χ4v) is 4.15. The summed E-state index contributed by atoms with van der Waals surface area (Å²) >= 11 is 0. The summed E-state index contributed by atoms with van der Waals surface area (Å²) in [7, 11) is 1.82. The Morgan fingerprint density at radius 1 is 1.15 bits per heavy atom. The molecule has 1 saturated heterocycles. The molecule has 0 amide bonds. The predicted octanol–water partition coefficient (Wildman–Crippen LogP) is 2.74. The number of nitrogens with zero attached hydrogens (tertiary/aromatic N) is 1. The van der Waals surface area contributed by atoms with Gasteiger partial charge in [-0.2, -0.15) is 0 Å². The molecule has 0 spiro atoms. The molecule has 20 heavy (non-hydrogen) atoms. The van der Waals surface area contributed by atoms with E-state index in [9.17, 15) is 0 Å². The molecule has 2 aliphatic rings. The monoisotopic (exact) mass is 282 g/mol. The molecule has 2 fully saturated rings. The molecule has 0 aromatic heterocycles. The van der Waals surface area contributed by atoms with E-state index in [0.29, 0.717) is 17.4 Å². The van der Waals surface area contributed by atoms with E-state index in [1.807, 2.05) is 7.11 Å². The summed E-state index contributed by atoms with van der Waals surface area (Å²) in [6, 6.07) is 0.397. The molecule has 3 unspecified atom stereocenters. The van der Waals surface area contributed by atoms with Gasteiger partial charge in [-0.3, -0.25) is 0 Å². The third kappa shape index (κ3) is 3.55. The molecule has 0 radical (unpaired) electrons. The van der Waals surface area contributed by atoms with Crippen LogP contribution in [-0.2, 0) is 4.74 Å². The van der Waals surface area contributed by atoms with Crippen LogP contribution in [0.3, 0.4) is 0 Å². The summed E-state index contributed by atoms with van der Waals surface area (Å²) in [6.07, 6.45) is 5.11. The minimum absolute atomic E-state index is 0.376. The summed E-state index contributed by atoms with van der Waals surface area (Å²) in [5, 5.41) is 0. The molecule has 0 aromatic rings. The summed E-state index contributed by atoms with van der Waals surface area (Å²) < 4.78 is 5.29. The van der Waals surface area contributed by atoms with E-state index in [2.05, 4.69) is 25.7 Å². The summed E-state index contributed by atoms with van der Waals surface area (Å²) in [4.78, 5) is 2.68. The average molecular weight is 282 g/mol. The third-order valence-corrected chi connectivity index (χ3v) is 6.30. The first-order valence-corrected chi connectivity index (χ1v) is 8.42. The van der Waals surface area contributed by atoms with Crippen LogP contribution in [0.25, 0.3) is 0 Å². The lowest BCUT2D eigenvalue weighted by molar-refractivity contribution is 0.0161. The van der Waals surface area contributed by atoms with E-state index in [1.165, 1.54) is 45.3 Å². The Kier molecular flexibility index (Phi) is 5.49. The second kappa shape index (κ2) is 6.76. The van der Waals surface area contributed by atoms with Gasteiger partial charge in [-0.15, -0.1) is 0 Å². The highest BCUT2D eigenvalue weighted by Gasteiger charge is 2.42. The van der Waals surface area contributed by atoms with Crippen molar-refractivity contribution in [2.24, 2.45) is 28.9 Å². The Labute approximate surface area is 125 Å². The number of ether oxygens (including phenoxy) is 1. The number of nitrogens with two attached hydrogens (primary N) is 1. The molecule has 3 nitrogen and oxygen atoms in total. The normalized spacial score (nSPS) is 36.1. The van der Waals surface area contributed by atoms with Crippen LogP contribution in [0.2, 0.25) is 0 Å². The Morgan fingerprint density at radius 3 is 2.40 bits per heavy atom. The number of hydrogen-bond donors (Lipinski definition) is 1. The van der Waals surface area contributed by atoms with Crippen LogP contribution in [0.4, 0.5) is 0 Å². The largest absolute Gasteiger partial charge is 0.384 e. The fourth-order valence-electron chi connectivity index (χ4n) is 4.15. The summed E-state index contributed by atoms with van der Waals surface area (Å²) in [6.45, 7) is 11.9. The molecule has 0 aromatic carbocycles. The maximum Gasteiger partial charge on any atom is 0.0491 e. The van der Waals surface area contributed by atoms with Gasteiger partial charge in [0.15, 0.2) is 0 Å². The lowest BCUT2D eigenvalue weighted by Crippen LogP contribution is -2.50. The molecule has 3 atom stereocenters. The van der Waals surface area contributed by atoms with E-state index in [0.717, 1.165) is 18.4 Å². The van der Waals surface area contributed by atoms with E-state index >= 15 is 0 Å². The second-order valence-corrected chi connectivity index (χ2v) is 7.75. The van der Waals surface area contributed by atoms with Crippen LogP contribution in [0.15, 0.2) is 0 Å². The Morgan fingerprint density at radius 2 is 1.80 bits per heavy atom. The van der Waals surface area contributed by atoms with E-state index < -0.39 is 0 Å². The van der Waals surface area contributed by atoms with Crippen molar-refractivity contribution in [3.8, 4) is 0 Å². The highest BCUT2D eigenvalue weighted by molar-refractivity contribution is 4.94. The van der Waals surface area contributed by atoms with Gasteiger partial charge in [0.1, 0.15) is 0 Å². The zero-order valence-electron chi connectivity index (χ0n) is 13.9. The van der Waals surface area contributed by atoms with Crippen molar-refractivity contribution in [1.29, 1.82) is 0 Å². The van der Waals surface area contributed by atoms with Crippen LogP contribution < -0.4 is 5.73 Å². The van der Waals surface area contributed by atoms with Crippen molar-refractivity contribution in [2.45, 2.75) is 52.5 Å². The van der Waals surface area contributed by atoms with Crippen molar-refractivity contribution in [3.63, 3.8) is 0 Å². The number of likely N-dealkylation sites (tertiary alicyclic amines) is 1. The lowest BCUT2D eigenvalue weighted by atomic mass is 9.61. The molecule has 3 heteroatoms. The van der Waals surface area contributed by atoms with Gasteiger partial charge in [0.25, 0.3) is 0 Å². The Balaban J connectivity index is 1.85. The zero-order chi connectivity index (χ0) is 14.8.